The van der Waals surface area contributed by atoms with Gasteiger partial charge in [-0.2, -0.15) is 11.3 Å². The van der Waals surface area contributed by atoms with Crippen LogP contribution in [0, 0.1) is 0 Å². The predicted molar refractivity (Wildman–Crippen MR) is 129 cm³/mol. The number of aliphatic imine (C=N–C) groups is 1. The molecular weight excluding hydrogens is 483 g/mol. The minimum Gasteiger partial charge on any atom is -0.497 e. The Kier molecular flexibility index (Phi) is 10.1. The van der Waals surface area contributed by atoms with Crippen molar-refractivity contribution in [2.24, 2.45) is 4.99 Å². The van der Waals surface area contributed by atoms with Gasteiger partial charge < -0.3 is 15.4 Å². The number of hydrogen-bond donors (Lipinski definition) is 2. The zero-order valence-electron chi connectivity index (χ0n) is 16.7. The van der Waals surface area contributed by atoms with E-state index in [4.69, 9.17) is 9.73 Å². The number of ether oxygens (including phenoxy) is 1. The van der Waals surface area contributed by atoms with Crippen LogP contribution in [0.3, 0.4) is 0 Å². The summed E-state index contributed by atoms with van der Waals surface area (Å²) in [5.74, 6) is 1.78. The Morgan fingerprint density at radius 3 is 2.54 bits per heavy atom. The number of likely N-dealkylation sites (tertiary alicyclic amines) is 1. The lowest BCUT2D eigenvalue weighted by Gasteiger charge is -2.29. The average Bonchev–Trinajstić information content (AvgIpc) is 3.41. The van der Waals surface area contributed by atoms with Gasteiger partial charge in [0.25, 0.3) is 0 Å². The lowest BCUT2D eigenvalue weighted by Crippen LogP contribution is -2.42. The van der Waals surface area contributed by atoms with Gasteiger partial charge in [-0.1, -0.05) is 12.1 Å². The third kappa shape index (κ3) is 6.63. The molecule has 1 aromatic heterocycles. The summed E-state index contributed by atoms with van der Waals surface area (Å²) >= 11 is 1.71. The van der Waals surface area contributed by atoms with Crippen molar-refractivity contribution in [3.63, 3.8) is 0 Å². The van der Waals surface area contributed by atoms with E-state index in [9.17, 15) is 0 Å². The molecule has 2 heterocycles. The number of benzene rings is 1. The van der Waals surface area contributed by atoms with Crippen LogP contribution in [0.2, 0.25) is 0 Å². The van der Waals surface area contributed by atoms with Crippen molar-refractivity contribution in [2.45, 2.75) is 32.4 Å². The molecule has 1 fully saturated rings. The highest BCUT2D eigenvalue weighted by atomic mass is 127. The van der Waals surface area contributed by atoms with Crippen molar-refractivity contribution in [3.8, 4) is 5.75 Å². The van der Waals surface area contributed by atoms with Gasteiger partial charge in [-0.15, -0.1) is 24.0 Å². The number of guanidine groups is 1. The van der Waals surface area contributed by atoms with E-state index in [2.05, 4.69) is 51.4 Å². The first kappa shape index (κ1) is 23.0. The topological polar surface area (TPSA) is 48.9 Å². The summed E-state index contributed by atoms with van der Waals surface area (Å²) in [6.45, 7) is 6.80. The highest BCUT2D eigenvalue weighted by Gasteiger charge is 2.23. The Morgan fingerprint density at radius 2 is 1.93 bits per heavy atom. The van der Waals surface area contributed by atoms with E-state index in [0.29, 0.717) is 12.6 Å². The summed E-state index contributed by atoms with van der Waals surface area (Å²) in [4.78, 5) is 7.30. The largest absolute Gasteiger partial charge is 0.497 e. The van der Waals surface area contributed by atoms with E-state index < -0.39 is 0 Å². The quantitative estimate of drug-likeness (QED) is 0.314. The zero-order chi connectivity index (χ0) is 18.9. The van der Waals surface area contributed by atoms with E-state index in [-0.39, 0.29) is 24.0 Å². The maximum absolute atomic E-state index is 5.31. The van der Waals surface area contributed by atoms with E-state index in [1.54, 1.807) is 18.4 Å². The lowest BCUT2D eigenvalue weighted by molar-refractivity contribution is 0.245. The molecule has 0 bridgehead atoms. The Labute approximate surface area is 189 Å². The van der Waals surface area contributed by atoms with Crippen LogP contribution in [0.4, 0.5) is 0 Å². The van der Waals surface area contributed by atoms with Crippen molar-refractivity contribution in [1.82, 2.24) is 15.5 Å². The summed E-state index contributed by atoms with van der Waals surface area (Å²) in [5, 5.41) is 11.2. The molecule has 28 heavy (non-hydrogen) atoms. The predicted octanol–water partition coefficient (Wildman–Crippen LogP) is 4.27. The van der Waals surface area contributed by atoms with Gasteiger partial charge in [0.2, 0.25) is 0 Å². The first-order chi connectivity index (χ1) is 13.3. The van der Waals surface area contributed by atoms with Gasteiger partial charge in [-0.05, 0) is 72.9 Å². The van der Waals surface area contributed by atoms with E-state index >= 15 is 0 Å². The number of halogens is 1. The fourth-order valence-electron chi connectivity index (χ4n) is 3.43. The van der Waals surface area contributed by atoms with Crippen LogP contribution in [0.15, 0.2) is 46.1 Å². The van der Waals surface area contributed by atoms with E-state index in [1.165, 1.54) is 24.0 Å². The third-order valence-electron chi connectivity index (χ3n) is 4.89. The van der Waals surface area contributed by atoms with Crippen molar-refractivity contribution in [3.05, 3.63) is 52.2 Å². The minimum absolute atomic E-state index is 0. The second-order valence-electron chi connectivity index (χ2n) is 6.74. The van der Waals surface area contributed by atoms with Crippen molar-refractivity contribution in [1.29, 1.82) is 0 Å². The van der Waals surface area contributed by atoms with Crippen LogP contribution in [0.1, 0.15) is 36.9 Å². The summed E-state index contributed by atoms with van der Waals surface area (Å²) in [7, 11) is 1.71. The molecule has 1 aromatic carbocycles. The van der Waals surface area contributed by atoms with Crippen LogP contribution < -0.4 is 15.4 Å². The molecule has 0 aliphatic carbocycles. The van der Waals surface area contributed by atoms with Gasteiger partial charge in [0.05, 0.1) is 19.7 Å². The van der Waals surface area contributed by atoms with Gasteiger partial charge in [-0.3, -0.25) is 4.90 Å². The van der Waals surface area contributed by atoms with Crippen molar-refractivity contribution in [2.75, 3.05) is 33.3 Å². The summed E-state index contributed by atoms with van der Waals surface area (Å²) in [6, 6.07) is 10.9. The number of thiophene rings is 1. The average molecular weight is 514 g/mol. The standard InChI is InChI=1S/C21H30N4OS.HI/c1-3-22-21(23-14-17-10-13-27-16-17)24-15-20(25-11-4-5-12-25)18-6-8-19(26-2)9-7-18;/h6-10,13,16,20H,3-5,11-12,14-15H2,1-2H3,(H2,22,23,24);1H. The van der Waals surface area contributed by atoms with Crippen molar-refractivity contribution < 1.29 is 4.74 Å². The zero-order valence-corrected chi connectivity index (χ0v) is 19.8. The first-order valence-electron chi connectivity index (χ1n) is 9.71. The molecule has 0 radical (unpaired) electrons. The minimum atomic E-state index is 0. The normalized spacial score (nSPS) is 15.7. The summed E-state index contributed by atoms with van der Waals surface area (Å²) in [6.07, 6.45) is 2.55. The Morgan fingerprint density at radius 1 is 1.18 bits per heavy atom. The highest BCUT2D eigenvalue weighted by molar-refractivity contribution is 14.0. The second kappa shape index (κ2) is 12.3. The molecule has 5 nitrogen and oxygen atoms in total. The molecule has 3 rings (SSSR count). The summed E-state index contributed by atoms with van der Waals surface area (Å²) < 4.78 is 5.31. The summed E-state index contributed by atoms with van der Waals surface area (Å²) in [5.41, 5.74) is 2.57. The number of methoxy groups -OCH3 is 1. The van der Waals surface area contributed by atoms with Crippen LogP contribution in [-0.2, 0) is 6.54 Å². The van der Waals surface area contributed by atoms with Gasteiger partial charge in [0.1, 0.15) is 5.75 Å². The van der Waals surface area contributed by atoms with Gasteiger partial charge >= 0.3 is 0 Å². The second-order valence-corrected chi connectivity index (χ2v) is 7.52. The third-order valence-corrected chi connectivity index (χ3v) is 5.62. The molecule has 2 aromatic rings. The maximum Gasteiger partial charge on any atom is 0.191 e. The number of nitrogens with zero attached hydrogens (tertiary/aromatic N) is 2. The number of rotatable bonds is 8. The van der Waals surface area contributed by atoms with Gasteiger partial charge in [0.15, 0.2) is 5.96 Å². The Bertz CT molecular complexity index is 700. The van der Waals surface area contributed by atoms with E-state index in [0.717, 1.165) is 37.9 Å². The molecule has 1 unspecified atom stereocenters. The smallest absolute Gasteiger partial charge is 0.191 e. The van der Waals surface area contributed by atoms with Crippen LogP contribution >= 0.6 is 35.3 Å². The molecule has 1 aliphatic rings. The van der Waals surface area contributed by atoms with Gasteiger partial charge in [0, 0.05) is 13.1 Å². The molecule has 154 valence electrons. The lowest BCUT2D eigenvalue weighted by atomic mass is 10.1. The van der Waals surface area contributed by atoms with Crippen LogP contribution in [0.5, 0.6) is 5.75 Å². The Balaban J connectivity index is 0.00000280. The molecule has 0 saturated carbocycles. The van der Waals surface area contributed by atoms with E-state index in [1.807, 2.05) is 12.1 Å². The molecule has 7 heteroatoms. The SMILES string of the molecule is CCNC(=NCc1ccsc1)NCC(c1ccc(OC)cc1)N1CCCC1.I. The fraction of sp³-hybridized carbons (Fsp3) is 0.476. The fourth-order valence-corrected chi connectivity index (χ4v) is 4.08. The number of nitrogens with one attached hydrogen (secondary N) is 2. The van der Waals surface area contributed by atoms with Crippen LogP contribution in [0.25, 0.3) is 0 Å². The molecular formula is C21H31IN4OS. The van der Waals surface area contributed by atoms with Crippen molar-refractivity contribution >= 4 is 41.3 Å². The molecule has 1 atom stereocenters. The van der Waals surface area contributed by atoms with Crippen LogP contribution in [-0.4, -0.2) is 44.1 Å². The monoisotopic (exact) mass is 514 g/mol. The first-order valence-corrected chi connectivity index (χ1v) is 10.7. The maximum atomic E-state index is 5.31. The molecule has 2 N–H and O–H groups in total. The molecule has 0 spiro atoms. The number of hydrogen-bond acceptors (Lipinski definition) is 4. The highest BCUT2D eigenvalue weighted by Crippen LogP contribution is 2.26. The Hall–Kier alpha value is -1.32. The molecule has 1 saturated heterocycles. The molecule has 1 aliphatic heterocycles. The molecule has 0 amide bonds. The van der Waals surface area contributed by atoms with Gasteiger partial charge in [-0.25, -0.2) is 4.99 Å².